The molecule has 1 aliphatic heterocycles. The van der Waals surface area contributed by atoms with Gasteiger partial charge in [0.1, 0.15) is 5.75 Å². The Morgan fingerprint density at radius 2 is 2.14 bits per heavy atom. The second kappa shape index (κ2) is 6.76. The van der Waals surface area contributed by atoms with Crippen molar-refractivity contribution < 1.29 is 9.47 Å². The number of ether oxygens (including phenoxy) is 2. The highest BCUT2D eigenvalue weighted by Gasteiger charge is 2.14. The van der Waals surface area contributed by atoms with E-state index >= 15 is 0 Å². The van der Waals surface area contributed by atoms with E-state index in [9.17, 15) is 0 Å². The Hall–Kier alpha value is -2.12. The molecule has 1 saturated heterocycles. The first-order valence-electron chi connectivity index (χ1n) is 6.89. The van der Waals surface area contributed by atoms with Crippen molar-refractivity contribution in [3.8, 4) is 5.75 Å². The maximum atomic E-state index is 6.02. The average molecular weight is 322 g/mol. The van der Waals surface area contributed by atoms with Crippen molar-refractivity contribution >= 4 is 29.1 Å². The van der Waals surface area contributed by atoms with Crippen LogP contribution in [0.4, 0.5) is 17.5 Å². The fourth-order valence-corrected chi connectivity index (χ4v) is 2.36. The van der Waals surface area contributed by atoms with Crippen LogP contribution in [0.25, 0.3) is 0 Å². The molecule has 0 spiro atoms. The molecule has 1 fully saturated rings. The number of morpholine rings is 1. The van der Waals surface area contributed by atoms with Gasteiger partial charge in [-0.3, -0.25) is 0 Å². The van der Waals surface area contributed by atoms with E-state index in [0.29, 0.717) is 35.6 Å². The molecular formula is C14H16ClN5O2. The summed E-state index contributed by atoms with van der Waals surface area (Å²) in [6.07, 6.45) is 1.64. The van der Waals surface area contributed by atoms with Gasteiger partial charge in [-0.2, -0.15) is 10.1 Å². The zero-order valence-electron chi connectivity index (χ0n) is 12.1. The summed E-state index contributed by atoms with van der Waals surface area (Å²) in [7, 11) is 1.59. The third-order valence-corrected chi connectivity index (χ3v) is 3.52. The number of aromatic nitrogens is 3. The lowest BCUT2D eigenvalue weighted by molar-refractivity contribution is 0.122. The SMILES string of the molecule is COc1ccc(Cl)cc1Nc1nncc(N2CCOCC2)n1. The summed E-state index contributed by atoms with van der Waals surface area (Å²) >= 11 is 6.02. The zero-order chi connectivity index (χ0) is 15.4. The summed E-state index contributed by atoms with van der Waals surface area (Å²) in [6, 6.07) is 5.30. The van der Waals surface area contributed by atoms with Crippen LogP contribution in [-0.4, -0.2) is 48.6 Å². The normalized spacial score (nSPS) is 14.7. The van der Waals surface area contributed by atoms with Gasteiger partial charge in [0.25, 0.3) is 0 Å². The van der Waals surface area contributed by atoms with Crippen molar-refractivity contribution in [1.29, 1.82) is 0 Å². The molecule has 1 aromatic carbocycles. The van der Waals surface area contributed by atoms with E-state index in [0.717, 1.165) is 18.9 Å². The molecular weight excluding hydrogens is 306 g/mol. The first-order valence-corrected chi connectivity index (χ1v) is 7.27. The van der Waals surface area contributed by atoms with Gasteiger partial charge >= 0.3 is 0 Å². The third kappa shape index (κ3) is 3.37. The van der Waals surface area contributed by atoms with Gasteiger partial charge in [0.05, 0.1) is 32.2 Å². The summed E-state index contributed by atoms with van der Waals surface area (Å²) in [5.74, 6) is 1.82. The van der Waals surface area contributed by atoms with E-state index in [-0.39, 0.29) is 0 Å². The number of nitrogens with zero attached hydrogens (tertiary/aromatic N) is 4. The van der Waals surface area contributed by atoms with E-state index in [2.05, 4.69) is 25.4 Å². The molecule has 22 heavy (non-hydrogen) atoms. The Morgan fingerprint density at radius 1 is 1.32 bits per heavy atom. The number of rotatable bonds is 4. The fraction of sp³-hybridized carbons (Fsp3) is 0.357. The van der Waals surface area contributed by atoms with E-state index in [4.69, 9.17) is 21.1 Å². The average Bonchev–Trinajstić information content (AvgIpc) is 2.56. The standard InChI is InChI=1S/C14H16ClN5O2/c1-21-12-3-2-10(15)8-11(12)17-14-18-13(9-16-19-14)20-4-6-22-7-5-20/h2-3,8-9H,4-7H2,1H3,(H,17,18,19). The van der Waals surface area contributed by atoms with Crippen molar-refractivity contribution in [1.82, 2.24) is 15.2 Å². The van der Waals surface area contributed by atoms with Gasteiger partial charge in [-0.15, -0.1) is 5.10 Å². The van der Waals surface area contributed by atoms with Crippen LogP contribution in [0.5, 0.6) is 5.75 Å². The van der Waals surface area contributed by atoms with Crippen LogP contribution in [0.15, 0.2) is 24.4 Å². The Labute approximate surface area is 133 Å². The van der Waals surface area contributed by atoms with Crippen molar-refractivity contribution in [2.45, 2.75) is 0 Å². The monoisotopic (exact) mass is 321 g/mol. The Bertz CT molecular complexity index is 649. The lowest BCUT2D eigenvalue weighted by Gasteiger charge is -2.27. The van der Waals surface area contributed by atoms with Crippen LogP contribution in [0, 0.1) is 0 Å². The molecule has 0 unspecified atom stereocenters. The number of benzene rings is 1. The van der Waals surface area contributed by atoms with E-state index in [1.54, 1.807) is 31.5 Å². The molecule has 1 N–H and O–H groups in total. The molecule has 0 saturated carbocycles. The number of hydrogen-bond acceptors (Lipinski definition) is 7. The molecule has 0 amide bonds. The van der Waals surface area contributed by atoms with E-state index < -0.39 is 0 Å². The van der Waals surface area contributed by atoms with Gasteiger partial charge in [-0.25, -0.2) is 0 Å². The largest absolute Gasteiger partial charge is 0.495 e. The first-order chi connectivity index (χ1) is 10.8. The molecule has 1 aliphatic rings. The predicted octanol–water partition coefficient (Wildman–Crippen LogP) is 2.11. The highest BCUT2D eigenvalue weighted by Crippen LogP contribution is 2.29. The Morgan fingerprint density at radius 3 is 2.91 bits per heavy atom. The van der Waals surface area contributed by atoms with Crippen molar-refractivity contribution in [3.05, 3.63) is 29.4 Å². The van der Waals surface area contributed by atoms with Crippen LogP contribution in [-0.2, 0) is 4.74 Å². The van der Waals surface area contributed by atoms with Gasteiger partial charge in [0, 0.05) is 18.1 Å². The van der Waals surface area contributed by atoms with E-state index in [1.807, 2.05) is 0 Å². The topological polar surface area (TPSA) is 72.4 Å². The van der Waals surface area contributed by atoms with Gasteiger partial charge < -0.3 is 19.7 Å². The number of halogens is 1. The predicted molar refractivity (Wildman–Crippen MR) is 84.1 cm³/mol. The molecule has 0 aliphatic carbocycles. The molecule has 2 heterocycles. The van der Waals surface area contributed by atoms with Gasteiger partial charge in [0.15, 0.2) is 5.82 Å². The first kappa shape index (κ1) is 14.8. The summed E-state index contributed by atoms with van der Waals surface area (Å²) < 4.78 is 10.6. The van der Waals surface area contributed by atoms with Gasteiger partial charge in [-0.1, -0.05) is 11.6 Å². The summed E-state index contributed by atoms with van der Waals surface area (Å²) in [5.41, 5.74) is 0.691. The van der Waals surface area contributed by atoms with E-state index in [1.165, 1.54) is 0 Å². The molecule has 116 valence electrons. The van der Waals surface area contributed by atoms with Crippen LogP contribution in [0.2, 0.25) is 5.02 Å². The molecule has 0 atom stereocenters. The van der Waals surface area contributed by atoms with Crippen LogP contribution in [0.1, 0.15) is 0 Å². The highest BCUT2D eigenvalue weighted by atomic mass is 35.5. The molecule has 2 aromatic rings. The number of anilines is 3. The summed E-state index contributed by atoms with van der Waals surface area (Å²) in [5, 5.41) is 11.7. The maximum absolute atomic E-state index is 6.02. The summed E-state index contributed by atoms with van der Waals surface area (Å²) in [6.45, 7) is 2.96. The molecule has 8 heteroatoms. The minimum absolute atomic E-state index is 0.393. The smallest absolute Gasteiger partial charge is 0.249 e. The van der Waals surface area contributed by atoms with Crippen molar-refractivity contribution in [2.24, 2.45) is 0 Å². The number of methoxy groups -OCH3 is 1. The molecule has 1 aromatic heterocycles. The van der Waals surface area contributed by atoms with Crippen molar-refractivity contribution in [2.75, 3.05) is 43.6 Å². The fourth-order valence-electron chi connectivity index (χ4n) is 2.19. The van der Waals surface area contributed by atoms with Crippen LogP contribution in [0.3, 0.4) is 0 Å². The second-order valence-corrected chi connectivity index (χ2v) is 5.14. The van der Waals surface area contributed by atoms with Gasteiger partial charge in [0.2, 0.25) is 5.95 Å². The second-order valence-electron chi connectivity index (χ2n) is 4.71. The quantitative estimate of drug-likeness (QED) is 0.924. The molecule has 0 radical (unpaired) electrons. The van der Waals surface area contributed by atoms with Crippen molar-refractivity contribution in [3.63, 3.8) is 0 Å². The summed E-state index contributed by atoms with van der Waals surface area (Å²) in [4.78, 5) is 6.59. The molecule has 0 bridgehead atoms. The van der Waals surface area contributed by atoms with Crippen LogP contribution < -0.4 is 15.0 Å². The number of hydrogen-bond donors (Lipinski definition) is 1. The van der Waals surface area contributed by atoms with Crippen LogP contribution >= 0.6 is 11.6 Å². The van der Waals surface area contributed by atoms with Gasteiger partial charge in [-0.05, 0) is 18.2 Å². The highest BCUT2D eigenvalue weighted by molar-refractivity contribution is 6.30. The lowest BCUT2D eigenvalue weighted by Crippen LogP contribution is -2.37. The minimum Gasteiger partial charge on any atom is -0.495 e. The maximum Gasteiger partial charge on any atom is 0.249 e. The minimum atomic E-state index is 0.393. The zero-order valence-corrected chi connectivity index (χ0v) is 12.9. The number of nitrogens with one attached hydrogen (secondary N) is 1. The molecule has 7 nitrogen and oxygen atoms in total. The Balaban J connectivity index is 1.82. The molecule has 3 rings (SSSR count). The Kier molecular flexibility index (Phi) is 4.55. The third-order valence-electron chi connectivity index (χ3n) is 3.29. The lowest BCUT2D eigenvalue weighted by atomic mass is 10.3.